The lowest BCUT2D eigenvalue weighted by molar-refractivity contribution is -0.0563. The fraction of sp³-hybridized carbons (Fsp3) is 1.00. The zero-order chi connectivity index (χ0) is 9.53. The minimum absolute atomic E-state index is 0.00306. The van der Waals surface area contributed by atoms with E-state index in [-0.39, 0.29) is 18.4 Å². The standard InChI is InChI=1S/C9H16F2N2/c10-9(11)3-5-13(6-4-9)7-8(12)1-2-8/h1-7,12H2. The summed E-state index contributed by atoms with van der Waals surface area (Å²) < 4.78 is 25.5. The third kappa shape index (κ3) is 2.38. The van der Waals surface area contributed by atoms with Gasteiger partial charge in [-0.05, 0) is 12.8 Å². The van der Waals surface area contributed by atoms with Crippen LogP contribution >= 0.6 is 0 Å². The Morgan fingerprint density at radius 3 is 2.08 bits per heavy atom. The molecule has 0 unspecified atom stereocenters. The number of rotatable bonds is 2. The van der Waals surface area contributed by atoms with Gasteiger partial charge in [0, 0.05) is 38.0 Å². The van der Waals surface area contributed by atoms with E-state index in [0.29, 0.717) is 13.1 Å². The highest BCUT2D eigenvalue weighted by Gasteiger charge is 2.42. The lowest BCUT2D eigenvalue weighted by Gasteiger charge is -2.33. The molecule has 1 aliphatic heterocycles. The van der Waals surface area contributed by atoms with Gasteiger partial charge in [-0.2, -0.15) is 0 Å². The highest BCUT2D eigenvalue weighted by Crippen LogP contribution is 2.35. The summed E-state index contributed by atoms with van der Waals surface area (Å²) in [5.74, 6) is -2.43. The first-order valence-corrected chi connectivity index (χ1v) is 4.88. The number of piperidine rings is 1. The van der Waals surface area contributed by atoms with E-state index in [1.54, 1.807) is 0 Å². The Morgan fingerprint density at radius 2 is 1.62 bits per heavy atom. The Balaban J connectivity index is 1.78. The van der Waals surface area contributed by atoms with Gasteiger partial charge in [0.05, 0.1) is 0 Å². The molecule has 1 saturated carbocycles. The van der Waals surface area contributed by atoms with Crippen LogP contribution in [-0.2, 0) is 0 Å². The maximum Gasteiger partial charge on any atom is 0.250 e. The quantitative estimate of drug-likeness (QED) is 0.709. The average Bonchev–Trinajstić information content (AvgIpc) is 2.74. The summed E-state index contributed by atoms with van der Waals surface area (Å²) in [6.45, 7) is 1.82. The molecule has 0 aromatic rings. The number of hydrogen-bond donors (Lipinski definition) is 1. The predicted octanol–water partition coefficient (Wildman–Crippen LogP) is 1.21. The van der Waals surface area contributed by atoms with Crippen molar-refractivity contribution in [2.75, 3.05) is 19.6 Å². The first-order chi connectivity index (χ1) is 5.99. The van der Waals surface area contributed by atoms with E-state index in [1.807, 2.05) is 0 Å². The molecule has 1 aliphatic carbocycles. The van der Waals surface area contributed by atoms with E-state index in [2.05, 4.69) is 4.90 Å². The average molecular weight is 190 g/mol. The van der Waals surface area contributed by atoms with Crippen LogP contribution in [-0.4, -0.2) is 36.0 Å². The second kappa shape index (κ2) is 2.89. The molecule has 1 heterocycles. The second-order valence-corrected chi connectivity index (χ2v) is 4.49. The molecule has 13 heavy (non-hydrogen) atoms. The molecule has 0 amide bonds. The topological polar surface area (TPSA) is 29.3 Å². The molecule has 0 radical (unpaired) electrons. The SMILES string of the molecule is NC1(CN2CCC(F)(F)CC2)CC1. The number of alkyl halides is 2. The fourth-order valence-corrected chi connectivity index (χ4v) is 1.80. The molecular formula is C9H16F2N2. The van der Waals surface area contributed by atoms with E-state index in [4.69, 9.17) is 5.73 Å². The lowest BCUT2D eigenvalue weighted by Crippen LogP contribution is -2.46. The molecule has 0 atom stereocenters. The van der Waals surface area contributed by atoms with Crippen molar-refractivity contribution in [1.29, 1.82) is 0 Å². The normalized spacial score (nSPS) is 31.6. The molecule has 2 rings (SSSR count). The van der Waals surface area contributed by atoms with Gasteiger partial charge in [-0.25, -0.2) is 8.78 Å². The van der Waals surface area contributed by atoms with Gasteiger partial charge in [-0.3, -0.25) is 0 Å². The van der Waals surface area contributed by atoms with Crippen molar-refractivity contribution in [2.24, 2.45) is 5.73 Å². The fourth-order valence-electron chi connectivity index (χ4n) is 1.80. The molecule has 0 aromatic carbocycles. The van der Waals surface area contributed by atoms with Gasteiger partial charge in [0.15, 0.2) is 0 Å². The minimum Gasteiger partial charge on any atom is -0.324 e. The lowest BCUT2D eigenvalue weighted by atomic mass is 10.1. The number of hydrogen-bond acceptors (Lipinski definition) is 2. The Hall–Kier alpha value is -0.220. The Kier molecular flexibility index (Phi) is 2.07. The van der Waals surface area contributed by atoms with Gasteiger partial charge < -0.3 is 10.6 Å². The summed E-state index contributed by atoms with van der Waals surface area (Å²) in [6, 6.07) is 0. The van der Waals surface area contributed by atoms with Crippen molar-refractivity contribution in [3.63, 3.8) is 0 Å². The van der Waals surface area contributed by atoms with Crippen molar-refractivity contribution >= 4 is 0 Å². The summed E-state index contributed by atoms with van der Waals surface area (Å²) >= 11 is 0. The van der Waals surface area contributed by atoms with Crippen LogP contribution in [0.1, 0.15) is 25.7 Å². The number of halogens is 2. The van der Waals surface area contributed by atoms with Gasteiger partial charge in [-0.1, -0.05) is 0 Å². The zero-order valence-corrected chi connectivity index (χ0v) is 7.73. The van der Waals surface area contributed by atoms with Crippen molar-refractivity contribution < 1.29 is 8.78 Å². The summed E-state index contributed by atoms with van der Waals surface area (Å²) in [5.41, 5.74) is 5.88. The van der Waals surface area contributed by atoms with Crippen LogP contribution in [0.2, 0.25) is 0 Å². The van der Waals surface area contributed by atoms with E-state index in [1.165, 1.54) is 0 Å². The van der Waals surface area contributed by atoms with Crippen LogP contribution in [0.4, 0.5) is 8.78 Å². The van der Waals surface area contributed by atoms with Crippen LogP contribution in [0.3, 0.4) is 0 Å². The summed E-state index contributed by atoms with van der Waals surface area (Å²) in [5, 5.41) is 0. The third-order valence-electron chi connectivity index (χ3n) is 3.02. The van der Waals surface area contributed by atoms with Crippen LogP contribution in [0.25, 0.3) is 0 Å². The summed E-state index contributed by atoms with van der Waals surface area (Å²) in [7, 11) is 0. The first kappa shape index (κ1) is 9.34. The van der Waals surface area contributed by atoms with E-state index in [0.717, 1.165) is 19.4 Å². The van der Waals surface area contributed by atoms with Crippen LogP contribution in [0.5, 0.6) is 0 Å². The maximum absolute atomic E-state index is 12.8. The molecule has 1 saturated heterocycles. The molecule has 0 aromatic heterocycles. The third-order valence-corrected chi connectivity index (χ3v) is 3.02. The van der Waals surface area contributed by atoms with E-state index < -0.39 is 5.92 Å². The van der Waals surface area contributed by atoms with Crippen LogP contribution < -0.4 is 5.73 Å². The van der Waals surface area contributed by atoms with Crippen molar-refractivity contribution in [2.45, 2.75) is 37.1 Å². The van der Waals surface area contributed by atoms with Gasteiger partial charge >= 0.3 is 0 Å². The first-order valence-electron chi connectivity index (χ1n) is 4.88. The molecule has 0 bridgehead atoms. The summed E-state index contributed by atoms with van der Waals surface area (Å²) in [4.78, 5) is 2.07. The van der Waals surface area contributed by atoms with Gasteiger partial charge in [0.2, 0.25) is 0 Å². The molecule has 0 spiro atoms. The molecule has 2 N–H and O–H groups in total. The van der Waals surface area contributed by atoms with Crippen LogP contribution in [0, 0.1) is 0 Å². The monoisotopic (exact) mass is 190 g/mol. The van der Waals surface area contributed by atoms with Crippen molar-refractivity contribution in [3.05, 3.63) is 0 Å². The smallest absolute Gasteiger partial charge is 0.250 e. The predicted molar refractivity (Wildman–Crippen MR) is 46.8 cm³/mol. The van der Waals surface area contributed by atoms with Gasteiger partial charge in [0.25, 0.3) is 5.92 Å². The summed E-state index contributed by atoms with van der Waals surface area (Å²) in [6.07, 6.45) is 2.12. The van der Waals surface area contributed by atoms with Gasteiger partial charge in [0.1, 0.15) is 0 Å². The zero-order valence-electron chi connectivity index (χ0n) is 7.73. The van der Waals surface area contributed by atoms with E-state index >= 15 is 0 Å². The second-order valence-electron chi connectivity index (χ2n) is 4.49. The number of likely N-dealkylation sites (tertiary alicyclic amines) is 1. The molecule has 2 aliphatic rings. The van der Waals surface area contributed by atoms with Crippen molar-refractivity contribution in [3.8, 4) is 0 Å². The molecule has 2 nitrogen and oxygen atoms in total. The van der Waals surface area contributed by atoms with Crippen LogP contribution in [0.15, 0.2) is 0 Å². The highest BCUT2D eigenvalue weighted by molar-refractivity contribution is 5.01. The minimum atomic E-state index is -2.43. The number of nitrogens with two attached hydrogens (primary N) is 1. The Morgan fingerprint density at radius 1 is 1.08 bits per heavy atom. The van der Waals surface area contributed by atoms with Crippen molar-refractivity contribution in [1.82, 2.24) is 4.90 Å². The molecule has 4 heteroatoms. The maximum atomic E-state index is 12.8. The number of nitrogens with zero attached hydrogens (tertiary/aromatic N) is 1. The largest absolute Gasteiger partial charge is 0.324 e. The molecular weight excluding hydrogens is 174 g/mol. The molecule has 2 fully saturated rings. The molecule has 76 valence electrons. The highest BCUT2D eigenvalue weighted by atomic mass is 19.3. The Labute approximate surface area is 77.1 Å². The Bertz CT molecular complexity index is 192. The van der Waals surface area contributed by atoms with E-state index in [9.17, 15) is 8.78 Å². The van der Waals surface area contributed by atoms with Gasteiger partial charge in [-0.15, -0.1) is 0 Å².